The van der Waals surface area contributed by atoms with Gasteiger partial charge in [0.1, 0.15) is 18.0 Å². The Hall–Kier alpha value is -1.36. The Morgan fingerprint density at radius 2 is 2.13 bits per heavy atom. The van der Waals surface area contributed by atoms with Crippen LogP contribution in [0.15, 0.2) is 12.4 Å². The van der Waals surface area contributed by atoms with Gasteiger partial charge in [-0.2, -0.15) is 0 Å². The van der Waals surface area contributed by atoms with Crippen LogP contribution in [0.4, 0.5) is 11.6 Å². The number of hydrogen-bond acceptors (Lipinski definition) is 5. The number of nitrogens with one attached hydrogen (secondary N) is 2. The molecule has 0 bridgehead atoms. The molecule has 0 radical (unpaired) electrons. The van der Waals surface area contributed by atoms with Crippen molar-refractivity contribution < 1.29 is 5.11 Å². The highest BCUT2D eigenvalue weighted by atomic mass is 16.3. The topological polar surface area (TPSA) is 70.1 Å². The molecule has 5 heteroatoms. The van der Waals surface area contributed by atoms with Crippen LogP contribution in [0.2, 0.25) is 0 Å². The predicted octanol–water partition coefficient (Wildman–Crippen LogP) is 1.09. The zero-order chi connectivity index (χ0) is 11.1. The van der Waals surface area contributed by atoms with Gasteiger partial charge in [0.15, 0.2) is 0 Å². The third kappa shape index (κ3) is 4.12. The van der Waals surface area contributed by atoms with Crippen LogP contribution < -0.4 is 10.6 Å². The highest BCUT2D eigenvalue weighted by Crippen LogP contribution is 2.07. The van der Waals surface area contributed by atoms with Crippen molar-refractivity contribution >= 4 is 11.6 Å². The van der Waals surface area contributed by atoms with Crippen molar-refractivity contribution in [2.24, 2.45) is 0 Å². The molecule has 0 aliphatic rings. The monoisotopic (exact) mass is 210 g/mol. The van der Waals surface area contributed by atoms with Gasteiger partial charge in [0.05, 0.1) is 6.10 Å². The number of aromatic nitrogens is 2. The van der Waals surface area contributed by atoms with Crippen LogP contribution in [-0.2, 0) is 0 Å². The maximum absolute atomic E-state index is 9.52. The lowest BCUT2D eigenvalue weighted by Crippen LogP contribution is -2.19. The Kier molecular flexibility index (Phi) is 4.83. The predicted molar refractivity (Wildman–Crippen MR) is 61.0 cm³/mol. The lowest BCUT2D eigenvalue weighted by atomic mass is 10.2. The Labute approximate surface area is 90.0 Å². The summed E-state index contributed by atoms with van der Waals surface area (Å²) in [5.74, 6) is 1.49. The van der Waals surface area contributed by atoms with E-state index in [0.29, 0.717) is 6.54 Å². The SMILES string of the molecule is CCCC(O)CNc1cc(NC)ncn1. The molecule has 0 saturated carbocycles. The molecule has 0 saturated heterocycles. The van der Waals surface area contributed by atoms with E-state index in [1.54, 1.807) is 13.1 Å². The Balaban J connectivity index is 2.43. The van der Waals surface area contributed by atoms with Gasteiger partial charge in [-0.3, -0.25) is 0 Å². The molecule has 1 atom stereocenters. The molecule has 1 aromatic rings. The molecule has 5 nitrogen and oxygen atoms in total. The summed E-state index contributed by atoms with van der Waals surface area (Å²) in [6, 6.07) is 1.80. The minimum Gasteiger partial charge on any atom is -0.391 e. The van der Waals surface area contributed by atoms with E-state index in [1.165, 1.54) is 6.33 Å². The lowest BCUT2D eigenvalue weighted by molar-refractivity contribution is 0.176. The van der Waals surface area contributed by atoms with Crippen LogP contribution >= 0.6 is 0 Å². The first-order valence-corrected chi connectivity index (χ1v) is 5.18. The minimum atomic E-state index is -0.317. The van der Waals surface area contributed by atoms with Crippen LogP contribution in [0.3, 0.4) is 0 Å². The second-order valence-electron chi connectivity index (χ2n) is 3.36. The number of rotatable bonds is 6. The summed E-state index contributed by atoms with van der Waals surface area (Å²) >= 11 is 0. The molecule has 0 aliphatic heterocycles. The molecular weight excluding hydrogens is 192 g/mol. The highest BCUT2D eigenvalue weighted by molar-refractivity contribution is 5.45. The van der Waals surface area contributed by atoms with Gasteiger partial charge in [-0.05, 0) is 6.42 Å². The highest BCUT2D eigenvalue weighted by Gasteiger charge is 2.03. The van der Waals surface area contributed by atoms with Crippen molar-refractivity contribution in [2.75, 3.05) is 24.2 Å². The Bertz CT molecular complexity index is 293. The fourth-order valence-corrected chi connectivity index (χ4v) is 1.25. The molecule has 84 valence electrons. The quantitative estimate of drug-likeness (QED) is 0.655. The summed E-state index contributed by atoms with van der Waals surface area (Å²) < 4.78 is 0. The van der Waals surface area contributed by atoms with Gasteiger partial charge in [0.25, 0.3) is 0 Å². The first-order valence-electron chi connectivity index (χ1n) is 5.18. The van der Waals surface area contributed by atoms with Crippen LogP contribution in [0.25, 0.3) is 0 Å². The first-order chi connectivity index (χ1) is 7.26. The van der Waals surface area contributed by atoms with Crippen molar-refractivity contribution in [1.29, 1.82) is 0 Å². The van der Waals surface area contributed by atoms with E-state index in [0.717, 1.165) is 24.5 Å². The maximum Gasteiger partial charge on any atom is 0.131 e. The molecule has 3 N–H and O–H groups in total. The summed E-state index contributed by atoms with van der Waals surface area (Å²) in [5.41, 5.74) is 0. The summed E-state index contributed by atoms with van der Waals surface area (Å²) in [6.45, 7) is 2.57. The molecule has 1 heterocycles. The normalized spacial score (nSPS) is 12.2. The molecular formula is C10H18N4O. The summed E-state index contributed by atoms with van der Waals surface area (Å²) in [7, 11) is 1.80. The standard InChI is InChI=1S/C10H18N4O/c1-3-4-8(15)6-12-10-5-9(11-2)13-7-14-10/h5,7-8,15H,3-4,6H2,1-2H3,(H2,11,12,13,14). The van der Waals surface area contributed by atoms with Gasteiger partial charge < -0.3 is 15.7 Å². The van der Waals surface area contributed by atoms with Gasteiger partial charge in [-0.25, -0.2) is 9.97 Å². The van der Waals surface area contributed by atoms with Gasteiger partial charge in [-0.1, -0.05) is 13.3 Å². The summed E-state index contributed by atoms with van der Waals surface area (Å²) in [6.07, 6.45) is 2.95. The van der Waals surface area contributed by atoms with Crippen LogP contribution in [0.1, 0.15) is 19.8 Å². The van der Waals surface area contributed by atoms with E-state index in [4.69, 9.17) is 0 Å². The summed E-state index contributed by atoms with van der Waals surface area (Å²) in [4.78, 5) is 8.04. The Morgan fingerprint density at radius 3 is 2.80 bits per heavy atom. The second-order valence-corrected chi connectivity index (χ2v) is 3.36. The van der Waals surface area contributed by atoms with Gasteiger partial charge in [0, 0.05) is 19.7 Å². The van der Waals surface area contributed by atoms with Gasteiger partial charge in [0.2, 0.25) is 0 Å². The van der Waals surface area contributed by atoms with Gasteiger partial charge in [-0.15, -0.1) is 0 Å². The molecule has 0 aliphatic carbocycles. The fraction of sp³-hybridized carbons (Fsp3) is 0.600. The number of aliphatic hydroxyl groups is 1. The van der Waals surface area contributed by atoms with E-state index < -0.39 is 0 Å². The third-order valence-corrected chi connectivity index (χ3v) is 2.06. The number of aliphatic hydroxyl groups excluding tert-OH is 1. The molecule has 0 spiro atoms. The van der Waals surface area contributed by atoms with Crippen molar-refractivity contribution in [3.63, 3.8) is 0 Å². The fourth-order valence-electron chi connectivity index (χ4n) is 1.25. The first kappa shape index (κ1) is 11.7. The van der Waals surface area contributed by atoms with Crippen LogP contribution in [0.5, 0.6) is 0 Å². The van der Waals surface area contributed by atoms with E-state index in [2.05, 4.69) is 20.6 Å². The van der Waals surface area contributed by atoms with Crippen molar-refractivity contribution in [1.82, 2.24) is 9.97 Å². The molecule has 15 heavy (non-hydrogen) atoms. The zero-order valence-electron chi connectivity index (χ0n) is 9.20. The molecule has 1 aromatic heterocycles. The van der Waals surface area contributed by atoms with Crippen molar-refractivity contribution in [2.45, 2.75) is 25.9 Å². The second kappa shape index (κ2) is 6.19. The zero-order valence-corrected chi connectivity index (χ0v) is 9.20. The van der Waals surface area contributed by atoms with E-state index >= 15 is 0 Å². The average molecular weight is 210 g/mol. The average Bonchev–Trinajstić information content (AvgIpc) is 2.27. The van der Waals surface area contributed by atoms with Crippen LogP contribution in [-0.4, -0.2) is 34.8 Å². The minimum absolute atomic E-state index is 0.317. The molecule has 0 amide bonds. The van der Waals surface area contributed by atoms with Gasteiger partial charge >= 0.3 is 0 Å². The smallest absolute Gasteiger partial charge is 0.131 e. The molecule has 1 rings (SSSR count). The van der Waals surface area contributed by atoms with Crippen molar-refractivity contribution in [3.05, 3.63) is 12.4 Å². The largest absolute Gasteiger partial charge is 0.391 e. The molecule has 1 unspecified atom stereocenters. The number of anilines is 2. The van der Waals surface area contributed by atoms with E-state index in [1.807, 2.05) is 6.92 Å². The third-order valence-electron chi connectivity index (χ3n) is 2.06. The summed E-state index contributed by atoms with van der Waals surface area (Å²) in [5, 5.41) is 15.5. The van der Waals surface area contributed by atoms with Crippen LogP contribution in [0, 0.1) is 0 Å². The molecule has 0 aromatic carbocycles. The number of hydrogen-bond donors (Lipinski definition) is 3. The van der Waals surface area contributed by atoms with E-state index in [9.17, 15) is 5.11 Å². The van der Waals surface area contributed by atoms with E-state index in [-0.39, 0.29) is 6.10 Å². The van der Waals surface area contributed by atoms with Crippen molar-refractivity contribution in [3.8, 4) is 0 Å². The molecule has 0 fully saturated rings. The maximum atomic E-state index is 9.52. The lowest BCUT2D eigenvalue weighted by Gasteiger charge is -2.11. The number of nitrogens with zero attached hydrogens (tertiary/aromatic N) is 2. The Morgan fingerprint density at radius 1 is 1.40 bits per heavy atom.